The molecule has 1 N–H and O–H groups in total. The molecule has 58 valence electrons. The summed E-state index contributed by atoms with van der Waals surface area (Å²) in [5.41, 5.74) is 0. The van der Waals surface area contributed by atoms with Crippen molar-refractivity contribution >= 4 is 17.9 Å². The Morgan fingerprint density at radius 1 is 1.08 bits per heavy atom. The third kappa shape index (κ3) is 47.4. The van der Waals surface area contributed by atoms with Gasteiger partial charge in [0.1, 0.15) is 5.97 Å². The average Bonchev–Trinajstić information content (AvgIpc) is 1.63. The number of carbonyl (C=O) groups is 3. The van der Waals surface area contributed by atoms with E-state index in [1.165, 1.54) is 0 Å². The summed E-state index contributed by atoms with van der Waals surface area (Å²) in [4.78, 5) is 27.2. The predicted molar refractivity (Wildman–Crippen MR) is 23.7 cm³/mol. The molecule has 0 aromatic carbocycles. The summed E-state index contributed by atoms with van der Waals surface area (Å²) >= 11 is 0. The van der Waals surface area contributed by atoms with Crippen molar-refractivity contribution < 1.29 is 88.8 Å². The van der Waals surface area contributed by atoms with Gasteiger partial charge in [0.15, 0.2) is 5.78 Å². The maximum Gasteiger partial charge on any atom is 1.00 e. The van der Waals surface area contributed by atoms with Crippen molar-refractivity contribution in [3.63, 3.8) is 0 Å². The monoisotopic (exact) mass is 194 g/mol. The molecule has 0 aliphatic rings. The topological polar surface area (TPSA) is 118 Å². The minimum atomic E-state index is -2.08. The first-order chi connectivity index (χ1) is 4.37. The summed E-state index contributed by atoms with van der Waals surface area (Å²) in [5.74, 6) is -2.56. The predicted octanol–water partition coefficient (Wildman–Crippen LogP) is -8.78. The molecule has 0 bridgehead atoms. The third-order valence-electron chi connectivity index (χ3n) is 0.287. The number of aliphatic carboxylic acids is 1. The molecule has 0 saturated carbocycles. The van der Waals surface area contributed by atoms with Gasteiger partial charge in [-0.2, -0.15) is 0 Å². The Hall–Kier alpha value is 0.410. The SMILES string of the molecule is CC(=O)C(=O)[O-].O=C([O-])O.[Na+].[Na+]. The summed E-state index contributed by atoms with van der Waals surface area (Å²) < 4.78 is 0. The second-order valence-corrected chi connectivity index (χ2v) is 1.11. The van der Waals surface area contributed by atoms with Gasteiger partial charge in [0, 0.05) is 6.92 Å². The number of carboxylic acids is 1. The first kappa shape index (κ1) is 22.8. The van der Waals surface area contributed by atoms with Crippen molar-refractivity contribution in [1.29, 1.82) is 0 Å². The van der Waals surface area contributed by atoms with Gasteiger partial charge >= 0.3 is 59.1 Å². The van der Waals surface area contributed by atoms with E-state index in [4.69, 9.17) is 15.0 Å². The van der Waals surface area contributed by atoms with Crippen molar-refractivity contribution in [1.82, 2.24) is 0 Å². The van der Waals surface area contributed by atoms with Crippen molar-refractivity contribution in [3.8, 4) is 0 Å². The molecular weight excluding hydrogens is 190 g/mol. The van der Waals surface area contributed by atoms with Gasteiger partial charge in [-0.25, -0.2) is 0 Å². The normalized spacial score (nSPS) is 5.75. The van der Waals surface area contributed by atoms with Gasteiger partial charge in [-0.05, 0) is 0 Å². The molecule has 8 heteroatoms. The van der Waals surface area contributed by atoms with Gasteiger partial charge in [0.05, 0.1) is 0 Å². The summed E-state index contributed by atoms with van der Waals surface area (Å²) in [6.07, 6.45) is -2.08. The Bertz CT molecular complexity index is 140. The Morgan fingerprint density at radius 2 is 1.17 bits per heavy atom. The van der Waals surface area contributed by atoms with Gasteiger partial charge in [-0.1, -0.05) is 0 Å². The van der Waals surface area contributed by atoms with Crippen molar-refractivity contribution in [2.75, 3.05) is 0 Å². The molecule has 0 aromatic rings. The van der Waals surface area contributed by atoms with E-state index in [2.05, 4.69) is 0 Å². The zero-order valence-electron chi connectivity index (χ0n) is 6.99. The maximum absolute atomic E-state index is 9.48. The Morgan fingerprint density at radius 3 is 1.17 bits per heavy atom. The van der Waals surface area contributed by atoms with Crippen LogP contribution < -0.4 is 69.3 Å². The van der Waals surface area contributed by atoms with Crippen LogP contribution in [0, 0.1) is 0 Å². The summed E-state index contributed by atoms with van der Waals surface area (Å²) in [5, 5.41) is 24.5. The molecule has 0 amide bonds. The molecule has 0 heterocycles. The number of hydrogen-bond donors (Lipinski definition) is 1. The minimum Gasteiger partial charge on any atom is -0.565 e. The molecule has 6 nitrogen and oxygen atoms in total. The smallest absolute Gasteiger partial charge is 0.565 e. The number of carboxylic acid groups (broad SMARTS) is 3. The van der Waals surface area contributed by atoms with Crippen LogP contribution in [-0.4, -0.2) is 23.0 Å². The van der Waals surface area contributed by atoms with Gasteiger partial charge < -0.3 is 24.9 Å². The number of carbonyl (C=O) groups excluding carboxylic acids is 2. The largest absolute Gasteiger partial charge is 1.00 e. The number of rotatable bonds is 1. The zero-order chi connectivity index (χ0) is 8.73. The van der Waals surface area contributed by atoms with Gasteiger partial charge in [-0.15, -0.1) is 0 Å². The Balaban J connectivity index is -0.0000000483. The fourth-order valence-corrected chi connectivity index (χ4v) is 0. The van der Waals surface area contributed by atoms with E-state index in [0.717, 1.165) is 6.92 Å². The number of Topliss-reactive ketones (excluding diaryl/α,β-unsaturated/α-hetero) is 1. The first-order valence-electron chi connectivity index (χ1n) is 1.99. The van der Waals surface area contributed by atoms with Crippen LogP contribution in [-0.2, 0) is 9.59 Å². The first-order valence-corrected chi connectivity index (χ1v) is 1.99. The molecule has 0 atom stereocenters. The summed E-state index contributed by atoms with van der Waals surface area (Å²) in [6.45, 7) is 0.940. The fourth-order valence-electron chi connectivity index (χ4n) is 0. The molecule has 0 aliphatic heterocycles. The van der Waals surface area contributed by atoms with Crippen LogP contribution in [0.15, 0.2) is 0 Å². The molecule has 0 saturated heterocycles. The average molecular weight is 194 g/mol. The Labute approximate surface area is 113 Å². The van der Waals surface area contributed by atoms with Crippen LogP contribution in [0.4, 0.5) is 4.79 Å². The summed E-state index contributed by atoms with van der Waals surface area (Å²) in [7, 11) is 0. The van der Waals surface area contributed by atoms with Crippen LogP contribution in [0.2, 0.25) is 0 Å². The van der Waals surface area contributed by atoms with Crippen LogP contribution in [0.1, 0.15) is 6.92 Å². The molecule has 0 radical (unpaired) electrons. The van der Waals surface area contributed by atoms with Crippen LogP contribution >= 0.6 is 0 Å². The van der Waals surface area contributed by atoms with Crippen LogP contribution in [0.5, 0.6) is 0 Å². The third-order valence-corrected chi connectivity index (χ3v) is 0.287. The number of hydrogen-bond acceptors (Lipinski definition) is 5. The molecule has 0 spiro atoms. The van der Waals surface area contributed by atoms with Crippen LogP contribution in [0.25, 0.3) is 0 Å². The van der Waals surface area contributed by atoms with Crippen LogP contribution in [0.3, 0.4) is 0 Å². The quantitative estimate of drug-likeness (QED) is 0.327. The molecule has 12 heavy (non-hydrogen) atoms. The van der Waals surface area contributed by atoms with Gasteiger partial charge in [0.2, 0.25) is 6.16 Å². The molecule has 0 aliphatic carbocycles. The second-order valence-electron chi connectivity index (χ2n) is 1.11. The van der Waals surface area contributed by atoms with E-state index < -0.39 is 17.9 Å². The molecule has 0 rings (SSSR count). The van der Waals surface area contributed by atoms with Crippen molar-refractivity contribution in [3.05, 3.63) is 0 Å². The van der Waals surface area contributed by atoms with Gasteiger partial charge in [0.25, 0.3) is 0 Å². The summed E-state index contributed by atoms with van der Waals surface area (Å²) in [6, 6.07) is 0. The number of ketones is 1. The van der Waals surface area contributed by atoms with E-state index in [-0.39, 0.29) is 59.1 Å². The fraction of sp³-hybridized carbons (Fsp3) is 0.250. The van der Waals surface area contributed by atoms with Crippen molar-refractivity contribution in [2.45, 2.75) is 6.92 Å². The maximum atomic E-state index is 9.48. The molecule has 0 aromatic heterocycles. The van der Waals surface area contributed by atoms with Gasteiger partial charge in [-0.3, -0.25) is 4.79 Å². The standard InChI is InChI=1S/C3H4O3.CH2O3.2Na/c1-2(4)3(5)6;2-1(3)4;;/h1H3,(H,5,6);(H2,2,3,4);;/q;;2*+1/p-2. The molecule has 0 unspecified atom stereocenters. The second kappa shape index (κ2) is 14.0. The Kier molecular flexibility index (Phi) is 26.6. The van der Waals surface area contributed by atoms with E-state index in [1.807, 2.05) is 0 Å². The van der Waals surface area contributed by atoms with E-state index in [1.54, 1.807) is 0 Å². The van der Waals surface area contributed by atoms with E-state index >= 15 is 0 Å². The van der Waals surface area contributed by atoms with E-state index in [0.29, 0.717) is 0 Å². The van der Waals surface area contributed by atoms with Crippen molar-refractivity contribution in [2.24, 2.45) is 0 Å². The molecular formula is C4H4Na2O6. The zero-order valence-corrected chi connectivity index (χ0v) is 11.0. The molecule has 0 fully saturated rings. The van der Waals surface area contributed by atoms with E-state index in [9.17, 15) is 14.7 Å². The minimum absolute atomic E-state index is 0.